The highest BCUT2D eigenvalue weighted by Gasteiger charge is 2.00. The summed E-state index contributed by atoms with van der Waals surface area (Å²) in [6.07, 6.45) is 22.3. The highest BCUT2D eigenvalue weighted by molar-refractivity contribution is 5.66. The van der Waals surface area contributed by atoms with Crippen molar-refractivity contribution in [2.75, 3.05) is 17.2 Å². The van der Waals surface area contributed by atoms with E-state index in [1.54, 1.807) is 0 Å². The van der Waals surface area contributed by atoms with Gasteiger partial charge in [-0.3, -0.25) is 0 Å². The van der Waals surface area contributed by atoms with Crippen LogP contribution in [0.3, 0.4) is 0 Å². The van der Waals surface area contributed by atoms with Crippen LogP contribution < -0.4 is 15.4 Å². The number of rotatable bonds is 22. The molecule has 212 valence electrons. The fourth-order valence-electron chi connectivity index (χ4n) is 4.97. The summed E-state index contributed by atoms with van der Waals surface area (Å²) in [4.78, 5) is 0. The van der Waals surface area contributed by atoms with Crippen LogP contribution in [0, 0.1) is 0 Å². The lowest BCUT2D eigenvalue weighted by molar-refractivity contribution is 0.304. The average Bonchev–Trinajstić information content (AvgIpc) is 2.97. The van der Waals surface area contributed by atoms with Gasteiger partial charge in [-0.1, -0.05) is 121 Å². The highest BCUT2D eigenvalue weighted by atomic mass is 16.5. The molecule has 0 unspecified atom stereocenters. The third kappa shape index (κ3) is 14.1. The van der Waals surface area contributed by atoms with E-state index in [1.165, 1.54) is 96.3 Å². The minimum absolute atomic E-state index is 0.807. The van der Waals surface area contributed by atoms with Crippen LogP contribution in [0.5, 0.6) is 5.75 Å². The smallest absolute Gasteiger partial charge is 0.119 e. The molecule has 0 heterocycles. The molecule has 0 spiro atoms. The number of para-hydroxylation sites is 1. The highest BCUT2D eigenvalue weighted by Crippen LogP contribution is 2.23. The summed E-state index contributed by atoms with van der Waals surface area (Å²) in [7, 11) is 0. The van der Waals surface area contributed by atoms with E-state index in [0.717, 1.165) is 41.5 Å². The van der Waals surface area contributed by atoms with Gasteiger partial charge < -0.3 is 15.4 Å². The van der Waals surface area contributed by atoms with Crippen molar-refractivity contribution in [3.8, 4) is 5.75 Å². The summed E-state index contributed by atoms with van der Waals surface area (Å²) < 4.78 is 5.97. The molecule has 0 saturated carbocycles. The second-order valence-corrected chi connectivity index (χ2v) is 10.9. The predicted molar refractivity (Wildman–Crippen MR) is 171 cm³/mol. The van der Waals surface area contributed by atoms with Crippen LogP contribution in [0.2, 0.25) is 0 Å². The van der Waals surface area contributed by atoms with Gasteiger partial charge in [-0.05, 0) is 67.1 Å². The Hall–Kier alpha value is -2.94. The molecule has 3 aromatic carbocycles. The van der Waals surface area contributed by atoms with E-state index in [2.05, 4.69) is 78.2 Å². The van der Waals surface area contributed by atoms with Crippen LogP contribution in [-0.4, -0.2) is 6.61 Å². The van der Waals surface area contributed by atoms with E-state index < -0.39 is 0 Å². The molecular formula is C36H52N2O. The van der Waals surface area contributed by atoms with E-state index in [1.807, 2.05) is 18.2 Å². The monoisotopic (exact) mass is 528 g/mol. The fourth-order valence-corrected chi connectivity index (χ4v) is 4.97. The molecular weight excluding hydrogens is 476 g/mol. The molecule has 39 heavy (non-hydrogen) atoms. The molecule has 0 radical (unpaired) electrons. The minimum atomic E-state index is 0.807. The Morgan fingerprint density at radius 2 is 0.769 bits per heavy atom. The predicted octanol–water partition coefficient (Wildman–Crippen LogP) is 11.8. The van der Waals surface area contributed by atoms with Gasteiger partial charge in [-0.2, -0.15) is 0 Å². The molecule has 3 aromatic rings. The lowest BCUT2D eigenvalue weighted by Crippen LogP contribution is -1.97. The summed E-state index contributed by atoms with van der Waals surface area (Å²) >= 11 is 0. The van der Waals surface area contributed by atoms with Gasteiger partial charge >= 0.3 is 0 Å². The Labute approximate surface area is 238 Å². The topological polar surface area (TPSA) is 33.3 Å². The van der Waals surface area contributed by atoms with Gasteiger partial charge in [-0.25, -0.2) is 0 Å². The van der Waals surface area contributed by atoms with E-state index >= 15 is 0 Å². The summed E-state index contributed by atoms with van der Waals surface area (Å²) in [6.45, 7) is 3.10. The molecule has 0 amide bonds. The maximum absolute atomic E-state index is 5.97. The van der Waals surface area contributed by atoms with Crippen LogP contribution in [0.4, 0.5) is 22.7 Å². The van der Waals surface area contributed by atoms with E-state index in [0.29, 0.717) is 0 Å². The summed E-state index contributed by atoms with van der Waals surface area (Å²) in [5.41, 5.74) is 4.29. The Balaban J connectivity index is 1.15. The molecule has 0 aliphatic heterocycles. The van der Waals surface area contributed by atoms with E-state index in [4.69, 9.17) is 4.74 Å². The number of unbranched alkanes of at least 4 members (excludes halogenated alkanes) is 15. The first-order valence-electron chi connectivity index (χ1n) is 15.8. The Morgan fingerprint density at radius 3 is 1.21 bits per heavy atom. The number of anilines is 4. The molecule has 0 saturated heterocycles. The SMILES string of the molecule is CCCCCCCCCCCCCCCCCCOc1ccc(Nc2ccc(Nc3ccccc3)cc2)cc1. The molecule has 0 fully saturated rings. The van der Waals surface area contributed by atoms with Gasteiger partial charge in [0, 0.05) is 22.7 Å². The molecule has 2 N–H and O–H groups in total. The molecule has 3 rings (SSSR count). The number of nitrogens with one attached hydrogen (secondary N) is 2. The zero-order valence-electron chi connectivity index (χ0n) is 24.4. The van der Waals surface area contributed by atoms with Crippen LogP contribution in [0.15, 0.2) is 78.9 Å². The summed E-state index contributed by atoms with van der Waals surface area (Å²) in [6, 6.07) is 26.9. The standard InChI is InChI=1S/C36H52N2O/c1-2-3-4-5-6-7-8-9-10-11-12-13-14-15-16-20-31-39-36-29-27-35(28-30-36)38-34-25-23-33(24-26-34)37-32-21-18-17-19-22-32/h17-19,21-30,37-38H,2-16,20,31H2,1H3. The molecule has 0 atom stereocenters. The first-order valence-corrected chi connectivity index (χ1v) is 15.8. The molecule has 0 aliphatic rings. The van der Waals surface area contributed by atoms with Crippen LogP contribution >= 0.6 is 0 Å². The molecule has 0 bridgehead atoms. The largest absolute Gasteiger partial charge is 0.494 e. The Kier molecular flexibility index (Phi) is 15.7. The van der Waals surface area contributed by atoms with Crippen molar-refractivity contribution in [2.45, 2.75) is 110 Å². The van der Waals surface area contributed by atoms with Gasteiger partial charge in [0.2, 0.25) is 0 Å². The van der Waals surface area contributed by atoms with Crippen molar-refractivity contribution in [2.24, 2.45) is 0 Å². The number of benzene rings is 3. The van der Waals surface area contributed by atoms with Crippen molar-refractivity contribution in [3.05, 3.63) is 78.9 Å². The average molecular weight is 529 g/mol. The quantitative estimate of drug-likeness (QED) is 0.127. The first-order chi connectivity index (χ1) is 19.3. The normalized spacial score (nSPS) is 10.9. The molecule has 0 aromatic heterocycles. The second kappa shape index (κ2) is 20.0. The van der Waals surface area contributed by atoms with Gasteiger partial charge in [0.15, 0.2) is 0 Å². The first kappa shape index (κ1) is 30.6. The number of ether oxygens (including phenoxy) is 1. The molecule has 3 nitrogen and oxygen atoms in total. The van der Waals surface area contributed by atoms with Gasteiger partial charge in [-0.15, -0.1) is 0 Å². The van der Waals surface area contributed by atoms with Crippen molar-refractivity contribution >= 4 is 22.7 Å². The van der Waals surface area contributed by atoms with Gasteiger partial charge in [0.1, 0.15) is 5.75 Å². The summed E-state index contributed by atoms with van der Waals surface area (Å²) in [5.74, 6) is 0.948. The second-order valence-electron chi connectivity index (χ2n) is 10.9. The lowest BCUT2D eigenvalue weighted by Gasteiger charge is -2.11. The van der Waals surface area contributed by atoms with Crippen molar-refractivity contribution in [1.29, 1.82) is 0 Å². The maximum atomic E-state index is 5.97. The Bertz CT molecular complexity index is 969. The van der Waals surface area contributed by atoms with Gasteiger partial charge in [0.05, 0.1) is 6.61 Å². The lowest BCUT2D eigenvalue weighted by atomic mass is 10.0. The van der Waals surface area contributed by atoms with Crippen LogP contribution in [0.1, 0.15) is 110 Å². The fraction of sp³-hybridized carbons (Fsp3) is 0.500. The van der Waals surface area contributed by atoms with Crippen LogP contribution in [0.25, 0.3) is 0 Å². The minimum Gasteiger partial charge on any atom is -0.494 e. The zero-order valence-corrected chi connectivity index (χ0v) is 24.4. The number of hydrogen-bond donors (Lipinski definition) is 2. The molecule has 3 heteroatoms. The maximum Gasteiger partial charge on any atom is 0.119 e. The van der Waals surface area contributed by atoms with E-state index in [9.17, 15) is 0 Å². The molecule has 0 aliphatic carbocycles. The Morgan fingerprint density at radius 1 is 0.410 bits per heavy atom. The number of hydrogen-bond acceptors (Lipinski definition) is 3. The zero-order chi connectivity index (χ0) is 27.2. The van der Waals surface area contributed by atoms with E-state index in [-0.39, 0.29) is 0 Å². The third-order valence-corrected chi connectivity index (χ3v) is 7.36. The van der Waals surface area contributed by atoms with Gasteiger partial charge in [0.25, 0.3) is 0 Å². The van der Waals surface area contributed by atoms with Crippen molar-refractivity contribution < 1.29 is 4.74 Å². The van der Waals surface area contributed by atoms with Crippen molar-refractivity contribution in [1.82, 2.24) is 0 Å². The van der Waals surface area contributed by atoms with Crippen LogP contribution in [-0.2, 0) is 0 Å². The third-order valence-electron chi connectivity index (χ3n) is 7.36. The van der Waals surface area contributed by atoms with Crippen molar-refractivity contribution in [3.63, 3.8) is 0 Å². The summed E-state index contributed by atoms with van der Waals surface area (Å²) in [5, 5.41) is 6.88.